The number of carbonyl (C=O) groups excluding carboxylic acids is 1. The number of nitriles is 1. The number of aliphatic imine (C=N–C) groups is 2. The van der Waals surface area contributed by atoms with Crippen LogP contribution in [0.5, 0.6) is 0 Å². The van der Waals surface area contributed by atoms with E-state index in [1.165, 1.54) is 19.3 Å². The number of hydrogen-bond donors (Lipinski definition) is 0. The van der Waals surface area contributed by atoms with E-state index in [1.54, 1.807) is 29.2 Å². The molecule has 1 aromatic heterocycles. The number of rotatable bonds is 6. The largest absolute Gasteiger partial charge is 0.310 e. The lowest BCUT2D eigenvalue weighted by molar-refractivity contribution is -0.119. The first-order valence-corrected chi connectivity index (χ1v) is 11.2. The lowest BCUT2D eigenvalue weighted by Crippen LogP contribution is -2.31. The normalized spacial score (nSPS) is 16.9. The zero-order chi connectivity index (χ0) is 22.5. The van der Waals surface area contributed by atoms with Crippen LogP contribution in [0.25, 0.3) is 5.70 Å². The van der Waals surface area contributed by atoms with Gasteiger partial charge >= 0.3 is 0 Å². The van der Waals surface area contributed by atoms with E-state index in [-0.39, 0.29) is 5.91 Å². The van der Waals surface area contributed by atoms with Crippen LogP contribution in [0.4, 0.5) is 11.5 Å². The molecule has 2 heterocycles. The molecule has 1 aromatic carbocycles. The van der Waals surface area contributed by atoms with E-state index in [1.807, 2.05) is 24.1 Å². The maximum Gasteiger partial charge on any atom is 0.227 e. The van der Waals surface area contributed by atoms with E-state index in [0.29, 0.717) is 30.1 Å². The van der Waals surface area contributed by atoms with Gasteiger partial charge in [-0.25, -0.2) is 4.99 Å². The van der Waals surface area contributed by atoms with E-state index in [9.17, 15) is 10.1 Å². The summed E-state index contributed by atoms with van der Waals surface area (Å²) in [5, 5.41) is 13.9. The molecular formula is C25H28N6O. The van der Waals surface area contributed by atoms with Crippen molar-refractivity contribution in [3.05, 3.63) is 47.2 Å². The standard InChI is InChI=1S/C25H28N6O/c1-27-22(8-11-28-23-9-12-29-30(23)2)20-15-19-10-13-31(25(19)21(16-20)17-26)24(32)14-18-6-4-3-5-7-18/h8-9,11-12,15-16,18H,1,3-7,10,13-14H2,2H3/b22-8-,28-11-. The molecule has 2 aliphatic rings. The highest BCUT2D eigenvalue weighted by atomic mass is 16.2. The zero-order valence-electron chi connectivity index (χ0n) is 18.5. The minimum absolute atomic E-state index is 0.140. The van der Waals surface area contributed by atoms with Crippen molar-refractivity contribution in [3.8, 4) is 6.07 Å². The smallest absolute Gasteiger partial charge is 0.227 e. The van der Waals surface area contributed by atoms with Gasteiger partial charge in [0.05, 0.1) is 23.1 Å². The molecule has 4 rings (SSSR count). The van der Waals surface area contributed by atoms with Gasteiger partial charge in [0.2, 0.25) is 5.91 Å². The van der Waals surface area contributed by atoms with E-state index in [2.05, 4.69) is 27.9 Å². The Bertz CT molecular complexity index is 1110. The van der Waals surface area contributed by atoms with Gasteiger partial charge in [0.25, 0.3) is 0 Å². The summed E-state index contributed by atoms with van der Waals surface area (Å²) in [5.74, 6) is 1.34. The number of benzene rings is 1. The number of anilines is 1. The molecule has 0 N–H and O–H groups in total. The zero-order valence-corrected chi connectivity index (χ0v) is 18.5. The third-order valence-electron chi connectivity index (χ3n) is 6.37. The monoisotopic (exact) mass is 428 g/mol. The molecule has 0 radical (unpaired) electrons. The van der Waals surface area contributed by atoms with Gasteiger partial charge in [-0.3, -0.25) is 14.5 Å². The van der Waals surface area contributed by atoms with Crippen LogP contribution < -0.4 is 4.90 Å². The van der Waals surface area contributed by atoms with Crippen molar-refractivity contribution in [2.45, 2.75) is 44.9 Å². The average Bonchev–Trinajstić information content (AvgIpc) is 3.43. The molecule has 0 atom stereocenters. The molecule has 0 unspecified atom stereocenters. The van der Waals surface area contributed by atoms with E-state index in [4.69, 9.17) is 0 Å². The number of carbonyl (C=O) groups is 1. The molecule has 164 valence electrons. The maximum atomic E-state index is 13.1. The van der Waals surface area contributed by atoms with Crippen molar-refractivity contribution < 1.29 is 4.79 Å². The summed E-state index contributed by atoms with van der Waals surface area (Å²) in [4.78, 5) is 23.4. The predicted octanol–water partition coefficient (Wildman–Crippen LogP) is 4.60. The summed E-state index contributed by atoms with van der Waals surface area (Å²) in [5.41, 5.74) is 3.71. The van der Waals surface area contributed by atoms with Crippen LogP contribution in [0, 0.1) is 17.2 Å². The van der Waals surface area contributed by atoms with E-state index >= 15 is 0 Å². The van der Waals surface area contributed by atoms with Gasteiger partial charge in [-0.1, -0.05) is 19.3 Å². The van der Waals surface area contributed by atoms with E-state index < -0.39 is 0 Å². The molecule has 7 nitrogen and oxygen atoms in total. The second kappa shape index (κ2) is 9.73. The Balaban J connectivity index is 1.57. The first-order valence-electron chi connectivity index (χ1n) is 11.2. The van der Waals surface area contributed by atoms with Gasteiger partial charge in [0.1, 0.15) is 11.9 Å². The second-order valence-electron chi connectivity index (χ2n) is 8.45. The Labute approximate surface area is 188 Å². The molecule has 0 spiro atoms. The summed E-state index contributed by atoms with van der Waals surface area (Å²) in [6.07, 6.45) is 12.4. The van der Waals surface area contributed by atoms with Gasteiger partial charge in [0, 0.05) is 37.9 Å². The van der Waals surface area contributed by atoms with Gasteiger partial charge in [0.15, 0.2) is 0 Å². The fourth-order valence-corrected chi connectivity index (χ4v) is 4.70. The molecule has 1 aliphatic carbocycles. The maximum absolute atomic E-state index is 13.1. The molecule has 1 saturated carbocycles. The lowest BCUT2D eigenvalue weighted by atomic mass is 9.86. The Hall–Kier alpha value is -3.53. The number of hydrogen-bond acceptors (Lipinski definition) is 5. The van der Waals surface area contributed by atoms with Crippen molar-refractivity contribution in [1.82, 2.24) is 9.78 Å². The minimum atomic E-state index is 0.140. The summed E-state index contributed by atoms with van der Waals surface area (Å²) < 4.78 is 1.67. The minimum Gasteiger partial charge on any atom is -0.310 e. The van der Waals surface area contributed by atoms with Gasteiger partial charge in [-0.15, -0.1) is 0 Å². The van der Waals surface area contributed by atoms with Crippen LogP contribution in [0.3, 0.4) is 0 Å². The molecule has 7 heteroatoms. The third kappa shape index (κ3) is 4.54. The second-order valence-corrected chi connectivity index (χ2v) is 8.45. The van der Waals surface area contributed by atoms with E-state index in [0.717, 1.165) is 41.9 Å². The van der Waals surface area contributed by atoms with Crippen molar-refractivity contribution >= 4 is 36.0 Å². The third-order valence-corrected chi connectivity index (χ3v) is 6.37. The molecule has 1 fully saturated rings. The van der Waals surface area contributed by atoms with Crippen LogP contribution in [0.15, 0.2) is 40.5 Å². The topological polar surface area (TPSA) is 86.6 Å². The van der Waals surface area contributed by atoms with Crippen LogP contribution in [-0.2, 0) is 18.3 Å². The molecule has 1 aliphatic heterocycles. The predicted molar refractivity (Wildman–Crippen MR) is 127 cm³/mol. The van der Waals surface area contributed by atoms with Crippen molar-refractivity contribution in [3.63, 3.8) is 0 Å². The molecule has 0 saturated heterocycles. The lowest BCUT2D eigenvalue weighted by Gasteiger charge is -2.25. The number of aromatic nitrogens is 2. The molecule has 2 aromatic rings. The average molecular weight is 429 g/mol. The summed E-state index contributed by atoms with van der Waals surface area (Å²) in [6, 6.07) is 7.92. The highest BCUT2D eigenvalue weighted by molar-refractivity contribution is 5.98. The molecule has 1 amide bonds. The van der Waals surface area contributed by atoms with Crippen LogP contribution in [0.2, 0.25) is 0 Å². The SMILES string of the molecule is C=N/C(=C\C=N/c1ccnn1C)c1cc(C#N)c2c(c1)CCN2C(=O)CC1CCCCC1. The van der Waals surface area contributed by atoms with Crippen LogP contribution in [0.1, 0.15) is 55.2 Å². The summed E-state index contributed by atoms with van der Waals surface area (Å²) in [7, 11) is 1.82. The van der Waals surface area contributed by atoms with Crippen molar-refractivity contribution in [2.24, 2.45) is 23.0 Å². The quantitative estimate of drug-likeness (QED) is 0.630. The number of aryl methyl sites for hydroxylation is 1. The molecule has 32 heavy (non-hydrogen) atoms. The number of allylic oxidation sites excluding steroid dienone is 1. The van der Waals surface area contributed by atoms with Gasteiger partial charge in [-0.05, 0) is 55.7 Å². The number of fused-ring (bicyclic) bond motifs is 1. The summed E-state index contributed by atoms with van der Waals surface area (Å²) >= 11 is 0. The van der Waals surface area contributed by atoms with Crippen molar-refractivity contribution in [1.29, 1.82) is 5.26 Å². The fraction of sp³-hybridized carbons (Fsp3) is 0.400. The Morgan fingerprint density at radius 2 is 2.16 bits per heavy atom. The summed E-state index contributed by atoms with van der Waals surface area (Å²) in [6.45, 7) is 4.31. The van der Waals surface area contributed by atoms with Gasteiger partial charge < -0.3 is 4.90 Å². The number of amides is 1. The molecule has 0 bridgehead atoms. The van der Waals surface area contributed by atoms with Crippen LogP contribution in [-0.4, -0.2) is 35.2 Å². The number of nitrogens with zero attached hydrogens (tertiary/aromatic N) is 6. The van der Waals surface area contributed by atoms with Gasteiger partial charge in [-0.2, -0.15) is 10.4 Å². The Morgan fingerprint density at radius 3 is 2.84 bits per heavy atom. The highest BCUT2D eigenvalue weighted by Crippen LogP contribution is 2.36. The van der Waals surface area contributed by atoms with Crippen LogP contribution >= 0.6 is 0 Å². The van der Waals surface area contributed by atoms with Crippen molar-refractivity contribution in [2.75, 3.05) is 11.4 Å². The first-order chi connectivity index (χ1) is 15.6. The highest BCUT2D eigenvalue weighted by Gasteiger charge is 2.30. The first kappa shape index (κ1) is 21.7. The Morgan fingerprint density at radius 1 is 1.34 bits per heavy atom. The fourth-order valence-electron chi connectivity index (χ4n) is 4.70. The molecular weight excluding hydrogens is 400 g/mol. The Kier molecular flexibility index (Phi) is 6.60.